The van der Waals surface area contributed by atoms with E-state index in [4.69, 9.17) is 26.2 Å². The number of aliphatic carboxylic acids is 1. The molecule has 3 rings (SSSR count). The number of likely N-dealkylation sites (tertiary alicyclic amines) is 1. The highest BCUT2D eigenvalue weighted by Gasteiger charge is 2.48. The number of carboxylic acids is 1. The van der Waals surface area contributed by atoms with Crippen LogP contribution in [0.15, 0.2) is 18.2 Å². The van der Waals surface area contributed by atoms with E-state index in [1.807, 2.05) is 6.07 Å². The fourth-order valence-corrected chi connectivity index (χ4v) is 3.94. The highest BCUT2D eigenvalue weighted by molar-refractivity contribution is 6.30. The summed E-state index contributed by atoms with van der Waals surface area (Å²) >= 11 is 6.09. The van der Waals surface area contributed by atoms with E-state index in [1.54, 1.807) is 12.1 Å². The van der Waals surface area contributed by atoms with Gasteiger partial charge in [-0.3, -0.25) is 4.90 Å². The maximum atomic E-state index is 10.7. The predicted molar refractivity (Wildman–Crippen MR) is 88.3 cm³/mol. The molecule has 0 unspecified atom stereocenters. The van der Waals surface area contributed by atoms with Crippen molar-refractivity contribution in [1.29, 1.82) is 0 Å². The molecule has 2 atom stereocenters. The van der Waals surface area contributed by atoms with Crippen molar-refractivity contribution in [3.05, 3.63) is 28.8 Å². The van der Waals surface area contributed by atoms with Crippen molar-refractivity contribution >= 4 is 17.6 Å². The second kappa shape index (κ2) is 7.27. The molecule has 2 aliphatic heterocycles. The number of carboxylic acid groups (broad SMARTS) is 1. The van der Waals surface area contributed by atoms with E-state index in [-0.39, 0.29) is 18.6 Å². The molecule has 0 saturated carbocycles. The molecule has 1 aromatic carbocycles. The van der Waals surface area contributed by atoms with Crippen LogP contribution in [-0.4, -0.2) is 60.6 Å². The molecule has 0 aromatic heterocycles. The Bertz CT molecular complexity index is 611. The first kappa shape index (κ1) is 17.5. The van der Waals surface area contributed by atoms with Gasteiger partial charge in [0.1, 0.15) is 5.75 Å². The Morgan fingerprint density at radius 1 is 1.50 bits per heavy atom. The van der Waals surface area contributed by atoms with Gasteiger partial charge in [-0.1, -0.05) is 11.6 Å². The first-order valence-corrected chi connectivity index (χ1v) is 8.44. The third kappa shape index (κ3) is 3.67. The third-order valence-electron chi connectivity index (χ3n) is 4.97. The Hall–Kier alpha value is -1.34. The molecule has 1 aromatic rings. The molecule has 6 nitrogen and oxygen atoms in total. The van der Waals surface area contributed by atoms with E-state index in [0.29, 0.717) is 29.8 Å². The van der Waals surface area contributed by atoms with Gasteiger partial charge in [0.25, 0.3) is 0 Å². The van der Waals surface area contributed by atoms with Gasteiger partial charge < -0.3 is 19.7 Å². The zero-order valence-corrected chi connectivity index (χ0v) is 14.2. The molecule has 24 heavy (non-hydrogen) atoms. The van der Waals surface area contributed by atoms with Crippen LogP contribution in [0.5, 0.6) is 5.75 Å². The smallest absolute Gasteiger partial charge is 0.341 e. The number of carbonyl (C=O) groups is 1. The fourth-order valence-electron chi connectivity index (χ4n) is 3.74. The number of nitrogens with zero attached hydrogens (tertiary/aromatic N) is 1. The molecule has 2 N–H and O–H groups in total. The van der Waals surface area contributed by atoms with E-state index >= 15 is 0 Å². The van der Waals surface area contributed by atoms with Crippen LogP contribution in [0.4, 0.5) is 0 Å². The molecule has 0 amide bonds. The van der Waals surface area contributed by atoms with Crippen LogP contribution < -0.4 is 4.74 Å². The van der Waals surface area contributed by atoms with Gasteiger partial charge in [-0.15, -0.1) is 0 Å². The van der Waals surface area contributed by atoms with Gasteiger partial charge in [0.15, 0.2) is 6.61 Å². The van der Waals surface area contributed by atoms with Crippen LogP contribution >= 0.6 is 11.6 Å². The number of rotatable bonds is 6. The number of aliphatic hydroxyl groups is 1. The summed E-state index contributed by atoms with van der Waals surface area (Å²) in [6.07, 6.45) is 0.953. The summed E-state index contributed by atoms with van der Waals surface area (Å²) in [5.74, 6) is -0.0655. The predicted octanol–water partition coefficient (Wildman–Crippen LogP) is 1.63. The molecule has 132 valence electrons. The molecule has 2 saturated heterocycles. The number of benzene rings is 1. The Labute approximate surface area is 145 Å². The maximum Gasteiger partial charge on any atom is 0.341 e. The average molecular weight is 356 g/mol. The maximum absolute atomic E-state index is 10.7. The van der Waals surface area contributed by atoms with E-state index in [1.165, 1.54) is 0 Å². The van der Waals surface area contributed by atoms with Crippen molar-refractivity contribution in [2.75, 3.05) is 39.5 Å². The van der Waals surface area contributed by atoms with Gasteiger partial charge in [0.05, 0.1) is 13.2 Å². The Kier molecular flexibility index (Phi) is 5.30. The van der Waals surface area contributed by atoms with Crippen LogP contribution in [-0.2, 0) is 16.1 Å². The molecule has 0 aliphatic carbocycles. The zero-order chi connectivity index (χ0) is 17.2. The summed E-state index contributed by atoms with van der Waals surface area (Å²) in [6.45, 7) is 3.30. The van der Waals surface area contributed by atoms with E-state index < -0.39 is 5.97 Å². The molecule has 2 fully saturated rings. The third-order valence-corrected chi connectivity index (χ3v) is 5.20. The minimum atomic E-state index is -1.01. The minimum Gasteiger partial charge on any atom is -0.482 e. The minimum absolute atomic E-state index is 0.117. The van der Waals surface area contributed by atoms with Crippen molar-refractivity contribution in [2.24, 2.45) is 11.3 Å². The highest BCUT2D eigenvalue weighted by Crippen LogP contribution is 2.42. The molecule has 0 spiro atoms. The van der Waals surface area contributed by atoms with Crippen molar-refractivity contribution in [1.82, 2.24) is 4.90 Å². The Morgan fingerprint density at radius 3 is 3.04 bits per heavy atom. The Morgan fingerprint density at radius 2 is 2.33 bits per heavy atom. The molecule has 0 radical (unpaired) electrons. The average Bonchev–Trinajstić information content (AvgIpc) is 2.92. The quantitative estimate of drug-likeness (QED) is 0.807. The van der Waals surface area contributed by atoms with Gasteiger partial charge in [0.2, 0.25) is 0 Å². The topological polar surface area (TPSA) is 79.2 Å². The fraction of sp³-hybridized carbons (Fsp3) is 0.588. The summed E-state index contributed by atoms with van der Waals surface area (Å²) in [5.41, 5.74) is 0.662. The van der Waals surface area contributed by atoms with Gasteiger partial charge >= 0.3 is 5.97 Å². The van der Waals surface area contributed by atoms with Crippen molar-refractivity contribution in [2.45, 2.75) is 13.0 Å². The van der Waals surface area contributed by atoms with Gasteiger partial charge in [-0.2, -0.15) is 0 Å². The van der Waals surface area contributed by atoms with Crippen LogP contribution in [0.3, 0.4) is 0 Å². The summed E-state index contributed by atoms with van der Waals surface area (Å²) in [4.78, 5) is 13.0. The molecule has 2 aliphatic rings. The highest BCUT2D eigenvalue weighted by atomic mass is 35.5. The van der Waals surface area contributed by atoms with Crippen LogP contribution in [0.1, 0.15) is 12.0 Å². The number of fused-ring (bicyclic) bond motifs is 1. The van der Waals surface area contributed by atoms with Crippen molar-refractivity contribution < 1.29 is 24.5 Å². The molecule has 0 bridgehead atoms. The molecule has 7 heteroatoms. The molecule has 2 heterocycles. The Balaban J connectivity index is 1.74. The normalized spacial score (nSPS) is 27.0. The lowest BCUT2D eigenvalue weighted by Gasteiger charge is -2.36. The summed E-state index contributed by atoms with van der Waals surface area (Å²) in [6, 6.07) is 5.20. The molecular formula is C17H22ClNO5. The van der Waals surface area contributed by atoms with Gasteiger partial charge in [-0.05, 0) is 30.5 Å². The summed E-state index contributed by atoms with van der Waals surface area (Å²) in [5, 5.41) is 19.3. The second-order valence-electron chi connectivity index (χ2n) is 6.66. The molecular weight excluding hydrogens is 334 g/mol. The van der Waals surface area contributed by atoms with E-state index in [2.05, 4.69) is 4.90 Å². The summed E-state index contributed by atoms with van der Waals surface area (Å²) < 4.78 is 11.0. The lowest BCUT2D eigenvalue weighted by Crippen LogP contribution is -2.42. The first-order chi connectivity index (χ1) is 11.5. The van der Waals surface area contributed by atoms with Crippen LogP contribution in [0.2, 0.25) is 5.02 Å². The van der Waals surface area contributed by atoms with Crippen LogP contribution in [0.25, 0.3) is 0 Å². The number of aliphatic hydroxyl groups excluding tert-OH is 1. The lowest BCUT2D eigenvalue weighted by atomic mass is 9.76. The van der Waals surface area contributed by atoms with Crippen LogP contribution in [0, 0.1) is 11.3 Å². The number of halogens is 1. The second-order valence-corrected chi connectivity index (χ2v) is 7.10. The van der Waals surface area contributed by atoms with Crippen molar-refractivity contribution in [3.63, 3.8) is 0 Å². The SMILES string of the molecule is O=C(O)COc1ccc(Cl)cc1CN1C[C@@H]2CCOC[C@]2(CO)C1. The first-order valence-electron chi connectivity index (χ1n) is 8.06. The zero-order valence-electron chi connectivity index (χ0n) is 13.4. The van der Waals surface area contributed by atoms with E-state index in [9.17, 15) is 9.90 Å². The summed E-state index contributed by atoms with van der Waals surface area (Å²) in [7, 11) is 0. The number of hydrogen-bond acceptors (Lipinski definition) is 5. The standard InChI is InChI=1S/C17H22ClNO5/c18-14-1-2-15(24-8-16(21)22)12(5-14)6-19-7-13-3-4-23-11-17(13,9-19)10-20/h1-2,5,13,20H,3-4,6-11H2,(H,21,22)/t13-,17+/m0/s1. The monoisotopic (exact) mass is 355 g/mol. The van der Waals surface area contributed by atoms with E-state index in [0.717, 1.165) is 31.7 Å². The van der Waals surface area contributed by atoms with Gasteiger partial charge in [0, 0.05) is 42.2 Å². The van der Waals surface area contributed by atoms with Crippen molar-refractivity contribution in [3.8, 4) is 5.75 Å². The lowest BCUT2D eigenvalue weighted by molar-refractivity contribution is -0.139. The van der Waals surface area contributed by atoms with Gasteiger partial charge in [-0.25, -0.2) is 4.79 Å². The number of hydrogen-bond donors (Lipinski definition) is 2. The largest absolute Gasteiger partial charge is 0.482 e. The number of ether oxygens (including phenoxy) is 2.